The van der Waals surface area contributed by atoms with E-state index in [4.69, 9.17) is 0 Å². The van der Waals surface area contributed by atoms with E-state index in [0.29, 0.717) is 18.8 Å². The van der Waals surface area contributed by atoms with Crippen LogP contribution in [0, 0.1) is 5.82 Å². The van der Waals surface area contributed by atoms with E-state index in [1.165, 1.54) is 24.1 Å². The SMILES string of the molecule is CC(C)c1ccc(CCC(=O)N(Cc2ccc(F)cc2)C(C)C(=O)NC2CCCCC2)cc1. The van der Waals surface area contributed by atoms with Crippen LogP contribution in [-0.4, -0.2) is 28.8 Å². The largest absolute Gasteiger partial charge is 0.352 e. The molecule has 0 spiro atoms. The highest BCUT2D eigenvalue weighted by atomic mass is 19.1. The minimum absolute atomic E-state index is 0.0708. The van der Waals surface area contributed by atoms with Crippen molar-refractivity contribution in [1.82, 2.24) is 10.2 Å². The van der Waals surface area contributed by atoms with Gasteiger partial charge in [-0.15, -0.1) is 0 Å². The molecular weight excluding hydrogens is 415 g/mol. The summed E-state index contributed by atoms with van der Waals surface area (Å²) in [4.78, 5) is 27.9. The van der Waals surface area contributed by atoms with E-state index < -0.39 is 6.04 Å². The number of carbonyl (C=O) groups excluding carboxylic acids is 2. The van der Waals surface area contributed by atoms with Crippen molar-refractivity contribution < 1.29 is 14.0 Å². The Morgan fingerprint density at radius 3 is 2.15 bits per heavy atom. The van der Waals surface area contributed by atoms with Crippen molar-refractivity contribution >= 4 is 11.8 Å². The lowest BCUT2D eigenvalue weighted by Gasteiger charge is -2.31. The summed E-state index contributed by atoms with van der Waals surface area (Å²) < 4.78 is 13.4. The van der Waals surface area contributed by atoms with Crippen molar-refractivity contribution in [2.24, 2.45) is 0 Å². The Bertz CT molecular complexity index is 902. The third-order valence-corrected chi connectivity index (χ3v) is 6.66. The van der Waals surface area contributed by atoms with E-state index >= 15 is 0 Å². The highest BCUT2D eigenvalue weighted by molar-refractivity contribution is 5.87. The molecule has 2 aromatic rings. The van der Waals surface area contributed by atoms with Gasteiger partial charge in [-0.1, -0.05) is 69.5 Å². The van der Waals surface area contributed by atoms with Crippen LogP contribution in [0.1, 0.15) is 81.9 Å². The van der Waals surface area contributed by atoms with Gasteiger partial charge < -0.3 is 10.2 Å². The lowest BCUT2D eigenvalue weighted by atomic mass is 9.95. The van der Waals surface area contributed by atoms with Crippen molar-refractivity contribution in [3.05, 3.63) is 71.0 Å². The molecule has 0 radical (unpaired) electrons. The lowest BCUT2D eigenvalue weighted by molar-refractivity contribution is -0.141. The molecule has 2 amide bonds. The van der Waals surface area contributed by atoms with Crippen LogP contribution in [0.2, 0.25) is 0 Å². The molecule has 0 saturated heterocycles. The molecular formula is C28H37FN2O2. The normalized spacial score (nSPS) is 15.3. The number of halogens is 1. The molecule has 0 aromatic heterocycles. The van der Waals surface area contributed by atoms with Gasteiger partial charge in [0.05, 0.1) is 0 Å². The molecule has 0 heterocycles. The number of aryl methyl sites for hydroxylation is 1. The van der Waals surface area contributed by atoms with Gasteiger partial charge in [0, 0.05) is 19.0 Å². The van der Waals surface area contributed by atoms with Gasteiger partial charge in [-0.05, 0) is 60.9 Å². The number of carbonyl (C=O) groups is 2. The molecule has 1 saturated carbocycles. The fraction of sp³-hybridized carbons (Fsp3) is 0.500. The van der Waals surface area contributed by atoms with Crippen molar-refractivity contribution in [2.45, 2.75) is 90.3 Å². The minimum atomic E-state index is -0.590. The maximum Gasteiger partial charge on any atom is 0.242 e. The first-order valence-electron chi connectivity index (χ1n) is 12.3. The highest BCUT2D eigenvalue weighted by Crippen LogP contribution is 2.19. The average molecular weight is 453 g/mol. The first kappa shape index (κ1) is 24.9. The quantitative estimate of drug-likeness (QED) is 0.527. The first-order valence-corrected chi connectivity index (χ1v) is 12.3. The molecule has 1 N–H and O–H groups in total. The summed E-state index contributed by atoms with van der Waals surface area (Å²) in [5, 5.41) is 3.15. The van der Waals surface area contributed by atoms with Crippen molar-refractivity contribution in [2.75, 3.05) is 0 Å². The Hall–Kier alpha value is -2.69. The second-order valence-electron chi connectivity index (χ2n) is 9.56. The molecule has 0 aliphatic heterocycles. The monoisotopic (exact) mass is 452 g/mol. The Morgan fingerprint density at radius 2 is 1.55 bits per heavy atom. The zero-order chi connectivity index (χ0) is 23.8. The van der Waals surface area contributed by atoms with Gasteiger partial charge in [-0.2, -0.15) is 0 Å². The van der Waals surface area contributed by atoms with Gasteiger partial charge in [0.15, 0.2) is 0 Å². The number of benzene rings is 2. The fourth-order valence-electron chi connectivity index (χ4n) is 4.40. The number of nitrogens with one attached hydrogen (secondary N) is 1. The average Bonchev–Trinajstić information content (AvgIpc) is 2.82. The zero-order valence-electron chi connectivity index (χ0n) is 20.1. The summed E-state index contributed by atoms with van der Waals surface area (Å²) >= 11 is 0. The molecule has 1 fully saturated rings. The van der Waals surface area contributed by atoms with E-state index in [0.717, 1.165) is 36.8 Å². The summed E-state index contributed by atoms with van der Waals surface area (Å²) in [6.45, 7) is 6.39. The molecule has 1 aliphatic carbocycles. The first-order chi connectivity index (χ1) is 15.8. The standard InChI is InChI=1S/C28H37FN2O2/c1-20(2)24-14-9-22(10-15-24)13-18-27(32)31(19-23-11-16-25(29)17-12-23)21(3)28(33)30-26-7-5-4-6-8-26/h9-12,14-17,20-21,26H,4-8,13,18-19H2,1-3H3,(H,30,33). The Labute approximate surface area is 197 Å². The van der Waals surface area contributed by atoms with E-state index in [1.54, 1.807) is 24.0 Å². The van der Waals surface area contributed by atoms with Crippen molar-refractivity contribution in [3.63, 3.8) is 0 Å². The van der Waals surface area contributed by atoms with Gasteiger partial charge in [0.25, 0.3) is 0 Å². The van der Waals surface area contributed by atoms with E-state index in [9.17, 15) is 14.0 Å². The summed E-state index contributed by atoms with van der Waals surface area (Å²) in [6, 6.07) is 14.1. The molecule has 1 atom stereocenters. The smallest absolute Gasteiger partial charge is 0.242 e. The van der Waals surface area contributed by atoms with Crippen LogP contribution < -0.4 is 5.32 Å². The molecule has 1 unspecified atom stereocenters. The van der Waals surface area contributed by atoms with Crippen molar-refractivity contribution in [3.8, 4) is 0 Å². The van der Waals surface area contributed by atoms with Crippen molar-refractivity contribution in [1.29, 1.82) is 0 Å². The van der Waals surface area contributed by atoms with Crippen LogP contribution in [-0.2, 0) is 22.6 Å². The van der Waals surface area contributed by atoms with Gasteiger partial charge in [0.1, 0.15) is 11.9 Å². The highest BCUT2D eigenvalue weighted by Gasteiger charge is 2.28. The molecule has 5 heteroatoms. The summed E-state index contributed by atoms with van der Waals surface area (Å²) in [5.41, 5.74) is 3.19. The Kier molecular flexibility index (Phi) is 9.04. The zero-order valence-corrected chi connectivity index (χ0v) is 20.1. The van der Waals surface area contributed by atoms with Gasteiger partial charge in [-0.3, -0.25) is 9.59 Å². The summed E-state index contributed by atoms with van der Waals surface area (Å²) in [7, 11) is 0. The van der Waals surface area contributed by atoms with Crippen LogP contribution in [0.4, 0.5) is 4.39 Å². The van der Waals surface area contributed by atoms with Crippen LogP contribution in [0.3, 0.4) is 0 Å². The predicted molar refractivity (Wildman–Crippen MR) is 130 cm³/mol. The third-order valence-electron chi connectivity index (χ3n) is 6.66. The molecule has 33 heavy (non-hydrogen) atoms. The molecule has 1 aliphatic rings. The number of hydrogen-bond acceptors (Lipinski definition) is 2. The fourth-order valence-corrected chi connectivity index (χ4v) is 4.40. The van der Waals surface area contributed by atoms with Crippen LogP contribution in [0.25, 0.3) is 0 Å². The number of hydrogen-bond donors (Lipinski definition) is 1. The van der Waals surface area contributed by atoms with Crippen LogP contribution in [0.15, 0.2) is 48.5 Å². The van der Waals surface area contributed by atoms with E-state index in [2.05, 4.69) is 43.4 Å². The Balaban J connectivity index is 1.68. The second-order valence-corrected chi connectivity index (χ2v) is 9.56. The van der Waals surface area contributed by atoms with Crippen LogP contribution >= 0.6 is 0 Å². The third kappa shape index (κ3) is 7.41. The van der Waals surface area contributed by atoms with Crippen LogP contribution in [0.5, 0.6) is 0 Å². The topological polar surface area (TPSA) is 49.4 Å². The predicted octanol–water partition coefficient (Wildman–Crippen LogP) is 5.75. The molecule has 2 aromatic carbocycles. The summed E-state index contributed by atoms with van der Waals surface area (Å²) in [5.74, 6) is -0.0304. The maximum absolute atomic E-state index is 13.4. The van der Waals surface area contributed by atoms with Gasteiger partial charge in [-0.25, -0.2) is 4.39 Å². The molecule has 3 rings (SSSR count). The number of amides is 2. The molecule has 4 nitrogen and oxygen atoms in total. The van der Waals surface area contributed by atoms with Gasteiger partial charge >= 0.3 is 0 Å². The Morgan fingerprint density at radius 1 is 0.939 bits per heavy atom. The number of nitrogens with zero attached hydrogens (tertiary/aromatic N) is 1. The van der Waals surface area contributed by atoms with E-state index in [-0.39, 0.29) is 30.2 Å². The molecule has 178 valence electrons. The maximum atomic E-state index is 13.4. The lowest BCUT2D eigenvalue weighted by Crippen LogP contribution is -2.50. The number of rotatable bonds is 9. The van der Waals surface area contributed by atoms with E-state index in [1.807, 2.05) is 0 Å². The second kappa shape index (κ2) is 12.0. The van der Waals surface area contributed by atoms with Gasteiger partial charge in [0.2, 0.25) is 11.8 Å². The summed E-state index contributed by atoms with van der Waals surface area (Å²) in [6.07, 6.45) is 6.42. The minimum Gasteiger partial charge on any atom is -0.352 e. The molecule has 0 bridgehead atoms.